The highest BCUT2D eigenvalue weighted by atomic mass is 19.4. The van der Waals surface area contributed by atoms with Crippen molar-refractivity contribution in [3.8, 4) is 6.07 Å². The Labute approximate surface area is 142 Å². The number of amides is 1. The van der Waals surface area contributed by atoms with E-state index in [1.807, 2.05) is 6.07 Å². The van der Waals surface area contributed by atoms with Crippen molar-refractivity contribution in [2.24, 2.45) is 0 Å². The Hall–Kier alpha value is -2.95. The highest BCUT2D eigenvalue weighted by Crippen LogP contribution is 2.34. The van der Waals surface area contributed by atoms with E-state index in [0.717, 1.165) is 6.92 Å². The van der Waals surface area contributed by atoms with Crippen molar-refractivity contribution in [2.45, 2.75) is 31.9 Å². The van der Waals surface area contributed by atoms with Gasteiger partial charge in [-0.1, -0.05) is 12.1 Å². The molecular weight excluding hydrogens is 333 g/mol. The van der Waals surface area contributed by atoms with Crippen molar-refractivity contribution >= 4 is 11.6 Å². The number of anilines is 1. The minimum atomic E-state index is -4.30. The molecular formula is C17H15F3N4O. The summed E-state index contributed by atoms with van der Waals surface area (Å²) in [6, 6.07) is 10.6. The lowest BCUT2D eigenvalue weighted by Crippen LogP contribution is -2.17. The molecule has 0 aliphatic heterocycles. The van der Waals surface area contributed by atoms with Crippen LogP contribution in [0.2, 0.25) is 0 Å². The molecule has 2 aromatic rings. The number of aromatic nitrogens is 2. The molecule has 0 saturated heterocycles. The van der Waals surface area contributed by atoms with Gasteiger partial charge in [0.05, 0.1) is 11.6 Å². The fourth-order valence-corrected chi connectivity index (χ4v) is 2.06. The second kappa shape index (κ2) is 7.75. The topological polar surface area (TPSA) is 78.7 Å². The number of halogens is 3. The molecule has 2 rings (SSSR count). The summed E-state index contributed by atoms with van der Waals surface area (Å²) in [5.41, 5.74) is 1.33. The number of benzene rings is 1. The first-order valence-electron chi connectivity index (χ1n) is 7.49. The Morgan fingerprint density at radius 1 is 1.20 bits per heavy atom. The first-order valence-corrected chi connectivity index (χ1v) is 7.49. The van der Waals surface area contributed by atoms with Gasteiger partial charge < -0.3 is 5.32 Å². The van der Waals surface area contributed by atoms with E-state index in [-0.39, 0.29) is 23.6 Å². The van der Waals surface area contributed by atoms with Crippen LogP contribution in [0, 0.1) is 11.3 Å². The van der Waals surface area contributed by atoms with Crippen LogP contribution < -0.4 is 5.32 Å². The van der Waals surface area contributed by atoms with E-state index < -0.39 is 12.1 Å². The molecule has 130 valence electrons. The van der Waals surface area contributed by atoms with Gasteiger partial charge in [-0.25, -0.2) is 0 Å². The van der Waals surface area contributed by atoms with Crippen LogP contribution in [0.4, 0.5) is 18.9 Å². The lowest BCUT2D eigenvalue weighted by Gasteiger charge is -2.16. The summed E-state index contributed by atoms with van der Waals surface area (Å²) in [5, 5.41) is 18.7. The van der Waals surface area contributed by atoms with Gasteiger partial charge in [0.2, 0.25) is 5.91 Å². The van der Waals surface area contributed by atoms with E-state index in [0.29, 0.717) is 17.8 Å². The van der Waals surface area contributed by atoms with Gasteiger partial charge in [-0.3, -0.25) is 4.79 Å². The summed E-state index contributed by atoms with van der Waals surface area (Å²) in [4.78, 5) is 11.9. The van der Waals surface area contributed by atoms with Gasteiger partial charge in [-0.05, 0) is 36.8 Å². The quantitative estimate of drug-likeness (QED) is 0.896. The Morgan fingerprint density at radius 2 is 1.88 bits per heavy atom. The van der Waals surface area contributed by atoms with Crippen LogP contribution in [-0.4, -0.2) is 22.3 Å². The number of nitrogens with zero attached hydrogens (tertiary/aromatic N) is 3. The van der Waals surface area contributed by atoms with Crippen molar-refractivity contribution in [3.63, 3.8) is 0 Å². The van der Waals surface area contributed by atoms with Crippen LogP contribution in [0.25, 0.3) is 0 Å². The molecule has 0 bridgehead atoms. The molecule has 1 atom stereocenters. The number of hydrogen-bond donors (Lipinski definition) is 1. The number of nitrogens with one attached hydrogen (secondary N) is 1. The van der Waals surface area contributed by atoms with Crippen molar-refractivity contribution < 1.29 is 18.0 Å². The summed E-state index contributed by atoms with van der Waals surface area (Å²) < 4.78 is 38.0. The highest BCUT2D eigenvalue weighted by Gasteiger charge is 2.36. The van der Waals surface area contributed by atoms with Crippen LogP contribution in [-0.2, 0) is 11.2 Å². The molecule has 1 N–H and O–H groups in total. The molecule has 1 aromatic heterocycles. The fourth-order valence-electron chi connectivity index (χ4n) is 2.06. The molecule has 0 radical (unpaired) electrons. The van der Waals surface area contributed by atoms with Gasteiger partial charge in [0.1, 0.15) is 6.07 Å². The standard InChI is InChI=1S/C17H15F3N4O/c1-11(17(18,19)20)12-2-4-13(5-3-12)22-16(25)9-8-14-6-7-15(10-21)24-23-14/h2-7,11H,8-9H2,1H3,(H,22,25). The van der Waals surface area contributed by atoms with E-state index in [9.17, 15) is 18.0 Å². The molecule has 25 heavy (non-hydrogen) atoms. The molecule has 0 saturated carbocycles. The Bertz CT molecular complexity index is 764. The van der Waals surface area contributed by atoms with Gasteiger partial charge in [0.15, 0.2) is 5.69 Å². The summed E-state index contributed by atoms with van der Waals surface area (Å²) >= 11 is 0. The van der Waals surface area contributed by atoms with Crippen LogP contribution in [0.3, 0.4) is 0 Å². The molecule has 1 heterocycles. The number of nitriles is 1. The first-order chi connectivity index (χ1) is 11.8. The Morgan fingerprint density at radius 3 is 2.40 bits per heavy atom. The first kappa shape index (κ1) is 18.4. The maximum Gasteiger partial charge on any atom is 0.395 e. The number of carbonyl (C=O) groups excluding carboxylic acids is 1. The molecule has 1 aromatic carbocycles. The van der Waals surface area contributed by atoms with Crippen molar-refractivity contribution in [3.05, 3.63) is 53.3 Å². The van der Waals surface area contributed by atoms with Crippen LogP contribution >= 0.6 is 0 Å². The number of hydrogen-bond acceptors (Lipinski definition) is 4. The minimum Gasteiger partial charge on any atom is -0.326 e. The third kappa shape index (κ3) is 5.28. The van der Waals surface area contributed by atoms with Gasteiger partial charge in [-0.2, -0.15) is 23.5 Å². The third-order valence-corrected chi connectivity index (χ3v) is 3.63. The minimum absolute atomic E-state index is 0.137. The Kier molecular flexibility index (Phi) is 5.70. The van der Waals surface area contributed by atoms with Crippen molar-refractivity contribution in [1.82, 2.24) is 10.2 Å². The number of alkyl halides is 3. The molecule has 1 amide bonds. The smallest absolute Gasteiger partial charge is 0.326 e. The zero-order chi connectivity index (χ0) is 18.4. The van der Waals surface area contributed by atoms with E-state index in [1.54, 1.807) is 6.07 Å². The summed E-state index contributed by atoms with van der Waals surface area (Å²) in [6.45, 7) is 1.09. The van der Waals surface area contributed by atoms with Gasteiger partial charge in [-0.15, -0.1) is 5.10 Å². The molecule has 5 nitrogen and oxygen atoms in total. The molecule has 0 fully saturated rings. The molecule has 1 unspecified atom stereocenters. The van der Waals surface area contributed by atoms with Gasteiger partial charge in [0, 0.05) is 18.5 Å². The second-order valence-corrected chi connectivity index (χ2v) is 5.46. The predicted molar refractivity (Wildman–Crippen MR) is 84.6 cm³/mol. The largest absolute Gasteiger partial charge is 0.395 e. The van der Waals surface area contributed by atoms with E-state index in [1.165, 1.54) is 30.3 Å². The zero-order valence-electron chi connectivity index (χ0n) is 13.3. The van der Waals surface area contributed by atoms with Crippen LogP contribution in [0.5, 0.6) is 0 Å². The maximum absolute atomic E-state index is 12.7. The average Bonchev–Trinajstić information content (AvgIpc) is 2.59. The molecule has 0 aliphatic carbocycles. The van der Waals surface area contributed by atoms with Crippen LogP contribution in [0.1, 0.15) is 36.2 Å². The molecule has 0 spiro atoms. The number of rotatable bonds is 5. The third-order valence-electron chi connectivity index (χ3n) is 3.63. The second-order valence-electron chi connectivity index (χ2n) is 5.46. The molecule has 8 heteroatoms. The van der Waals surface area contributed by atoms with Crippen molar-refractivity contribution in [1.29, 1.82) is 5.26 Å². The van der Waals surface area contributed by atoms with Gasteiger partial charge >= 0.3 is 6.18 Å². The van der Waals surface area contributed by atoms with Crippen LogP contribution in [0.15, 0.2) is 36.4 Å². The summed E-state index contributed by atoms with van der Waals surface area (Å²) in [7, 11) is 0. The Balaban J connectivity index is 1.89. The van der Waals surface area contributed by atoms with Gasteiger partial charge in [0.25, 0.3) is 0 Å². The van der Waals surface area contributed by atoms with E-state index >= 15 is 0 Å². The lowest BCUT2D eigenvalue weighted by molar-refractivity contribution is -0.146. The fraction of sp³-hybridized carbons (Fsp3) is 0.294. The zero-order valence-corrected chi connectivity index (χ0v) is 13.3. The van der Waals surface area contributed by atoms with E-state index in [2.05, 4.69) is 15.5 Å². The average molecular weight is 348 g/mol. The molecule has 0 aliphatic rings. The summed E-state index contributed by atoms with van der Waals surface area (Å²) in [6.07, 6.45) is -3.82. The van der Waals surface area contributed by atoms with E-state index in [4.69, 9.17) is 5.26 Å². The monoisotopic (exact) mass is 348 g/mol. The number of aryl methyl sites for hydroxylation is 1. The van der Waals surface area contributed by atoms with Crippen molar-refractivity contribution in [2.75, 3.05) is 5.32 Å². The summed E-state index contributed by atoms with van der Waals surface area (Å²) in [5.74, 6) is -1.85. The maximum atomic E-state index is 12.7. The lowest BCUT2D eigenvalue weighted by atomic mass is 10.0. The SMILES string of the molecule is CC(c1ccc(NC(=O)CCc2ccc(C#N)nn2)cc1)C(F)(F)F. The number of carbonyl (C=O) groups is 1. The highest BCUT2D eigenvalue weighted by molar-refractivity contribution is 5.90. The normalized spacial score (nSPS) is 12.3. The predicted octanol–water partition coefficient (Wildman–Crippen LogP) is 3.59.